The fraction of sp³-hybridized carbons (Fsp3) is 0.440. The molecule has 2 aliphatic rings. The van der Waals surface area contributed by atoms with Crippen LogP contribution in [0.5, 0.6) is 0 Å². The number of carbonyl (C=O) groups is 2. The molecule has 1 spiro atoms. The SMILES string of the molecule is COCCN1C(=O)c2ccccc2[C@@H](C(=O)Nc2ccccc2C)C12CCCCC2. The minimum Gasteiger partial charge on any atom is -0.383 e. The molecule has 1 aliphatic carbocycles. The maximum atomic E-state index is 13.8. The molecule has 0 aromatic heterocycles. The number of para-hydroxylation sites is 1. The average molecular weight is 407 g/mol. The third-order valence-electron chi connectivity index (χ3n) is 6.73. The maximum Gasteiger partial charge on any atom is 0.254 e. The van der Waals surface area contributed by atoms with E-state index in [9.17, 15) is 9.59 Å². The van der Waals surface area contributed by atoms with Gasteiger partial charge in [0.05, 0.1) is 18.1 Å². The van der Waals surface area contributed by atoms with Gasteiger partial charge in [-0.05, 0) is 43.0 Å². The number of anilines is 1. The zero-order chi connectivity index (χ0) is 21.1. The molecule has 5 heteroatoms. The second-order valence-corrected chi connectivity index (χ2v) is 8.44. The molecule has 2 aromatic rings. The summed E-state index contributed by atoms with van der Waals surface area (Å²) in [4.78, 5) is 29.3. The molecule has 0 bridgehead atoms. The van der Waals surface area contributed by atoms with Gasteiger partial charge in [-0.3, -0.25) is 9.59 Å². The maximum absolute atomic E-state index is 13.8. The number of fused-ring (bicyclic) bond motifs is 1. The van der Waals surface area contributed by atoms with E-state index < -0.39 is 11.5 Å². The first-order chi connectivity index (χ1) is 14.6. The summed E-state index contributed by atoms with van der Waals surface area (Å²) in [6.45, 7) is 2.95. The molecule has 1 heterocycles. The van der Waals surface area contributed by atoms with Crippen LogP contribution in [-0.4, -0.2) is 42.5 Å². The van der Waals surface area contributed by atoms with Crippen molar-refractivity contribution in [2.75, 3.05) is 25.6 Å². The highest BCUT2D eigenvalue weighted by molar-refractivity contribution is 6.05. The number of hydrogen-bond donors (Lipinski definition) is 1. The lowest BCUT2D eigenvalue weighted by Gasteiger charge is -2.53. The van der Waals surface area contributed by atoms with E-state index in [0.29, 0.717) is 18.7 Å². The van der Waals surface area contributed by atoms with Crippen molar-refractivity contribution in [2.24, 2.45) is 0 Å². The standard InChI is InChI=1S/C25H30N2O3/c1-18-10-4-7-13-21(18)26-23(28)22-19-11-5-6-12-20(19)24(29)27(16-17-30-2)25(22)14-8-3-9-15-25/h4-7,10-13,22H,3,8-9,14-17H2,1-2H3,(H,26,28)/t22-/m0/s1. The van der Waals surface area contributed by atoms with Crippen molar-refractivity contribution in [2.45, 2.75) is 50.5 Å². The Morgan fingerprint density at radius 2 is 1.80 bits per heavy atom. The number of hydrogen-bond acceptors (Lipinski definition) is 3. The first kappa shape index (κ1) is 20.6. The van der Waals surface area contributed by atoms with Crippen LogP contribution in [-0.2, 0) is 9.53 Å². The number of aryl methyl sites for hydroxylation is 1. The summed E-state index contributed by atoms with van der Waals surface area (Å²) in [5, 5.41) is 3.18. The van der Waals surface area contributed by atoms with E-state index in [2.05, 4.69) is 5.32 Å². The predicted molar refractivity (Wildman–Crippen MR) is 118 cm³/mol. The van der Waals surface area contributed by atoms with Gasteiger partial charge in [0, 0.05) is 24.9 Å². The van der Waals surface area contributed by atoms with Crippen molar-refractivity contribution in [3.8, 4) is 0 Å². The molecule has 1 N–H and O–H groups in total. The molecule has 0 radical (unpaired) electrons. The van der Waals surface area contributed by atoms with Crippen molar-refractivity contribution in [3.63, 3.8) is 0 Å². The van der Waals surface area contributed by atoms with Crippen LogP contribution in [0.2, 0.25) is 0 Å². The minimum atomic E-state index is -0.505. The van der Waals surface area contributed by atoms with Gasteiger partial charge >= 0.3 is 0 Å². The molecular formula is C25H30N2O3. The quantitative estimate of drug-likeness (QED) is 0.794. The number of carbonyl (C=O) groups excluding carboxylic acids is 2. The van der Waals surface area contributed by atoms with Gasteiger partial charge in [0.25, 0.3) is 5.91 Å². The Hall–Kier alpha value is -2.66. The van der Waals surface area contributed by atoms with E-state index in [4.69, 9.17) is 4.74 Å². The number of ether oxygens (including phenoxy) is 1. The number of nitrogens with one attached hydrogen (secondary N) is 1. The first-order valence-corrected chi connectivity index (χ1v) is 10.8. The summed E-state index contributed by atoms with van der Waals surface area (Å²) < 4.78 is 5.33. The zero-order valence-corrected chi connectivity index (χ0v) is 17.8. The van der Waals surface area contributed by atoms with E-state index in [1.165, 1.54) is 0 Å². The summed E-state index contributed by atoms with van der Waals surface area (Å²) in [5.74, 6) is -0.416. The minimum absolute atomic E-state index is 0.0180. The molecular weight excluding hydrogens is 376 g/mol. The molecule has 1 atom stereocenters. The van der Waals surface area contributed by atoms with E-state index in [1.807, 2.05) is 60.4 Å². The Morgan fingerprint density at radius 1 is 1.10 bits per heavy atom. The molecule has 30 heavy (non-hydrogen) atoms. The van der Waals surface area contributed by atoms with Gasteiger partial charge in [-0.15, -0.1) is 0 Å². The van der Waals surface area contributed by atoms with Crippen LogP contribution in [0.25, 0.3) is 0 Å². The van der Waals surface area contributed by atoms with Crippen LogP contribution in [0.4, 0.5) is 5.69 Å². The fourth-order valence-electron chi connectivity index (χ4n) is 5.27. The van der Waals surface area contributed by atoms with Crippen LogP contribution in [0.1, 0.15) is 59.5 Å². The monoisotopic (exact) mass is 406 g/mol. The highest BCUT2D eigenvalue weighted by atomic mass is 16.5. The molecule has 2 amide bonds. The number of amides is 2. The molecule has 0 saturated heterocycles. The summed E-state index contributed by atoms with van der Waals surface area (Å²) in [6, 6.07) is 15.4. The van der Waals surface area contributed by atoms with E-state index >= 15 is 0 Å². The summed E-state index contributed by atoms with van der Waals surface area (Å²) in [5.41, 5.74) is 2.83. The lowest BCUT2D eigenvalue weighted by atomic mass is 9.65. The molecule has 2 aromatic carbocycles. The van der Waals surface area contributed by atoms with E-state index in [-0.39, 0.29) is 11.8 Å². The van der Waals surface area contributed by atoms with Gasteiger partial charge in [-0.25, -0.2) is 0 Å². The van der Waals surface area contributed by atoms with Crippen molar-refractivity contribution in [1.29, 1.82) is 0 Å². The highest BCUT2D eigenvalue weighted by Crippen LogP contribution is 2.49. The second kappa shape index (κ2) is 8.60. The molecule has 5 nitrogen and oxygen atoms in total. The van der Waals surface area contributed by atoms with Crippen molar-refractivity contribution < 1.29 is 14.3 Å². The zero-order valence-electron chi connectivity index (χ0n) is 17.8. The smallest absolute Gasteiger partial charge is 0.254 e. The van der Waals surface area contributed by atoms with Gasteiger partial charge in [-0.1, -0.05) is 55.7 Å². The van der Waals surface area contributed by atoms with Crippen LogP contribution in [0.3, 0.4) is 0 Å². The summed E-state index contributed by atoms with van der Waals surface area (Å²) in [6.07, 6.45) is 4.85. The highest BCUT2D eigenvalue weighted by Gasteiger charge is 2.54. The lowest BCUT2D eigenvalue weighted by Crippen LogP contribution is -2.62. The van der Waals surface area contributed by atoms with Crippen LogP contribution < -0.4 is 5.32 Å². The van der Waals surface area contributed by atoms with E-state index in [0.717, 1.165) is 48.9 Å². The Labute approximate surface area is 178 Å². The third-order valence-corrected chi connectivity index (χ3v) is 6.73. The van der Waals surface area contributed by atoms with Crippen molar-refractivity contribution in [3.05, 3.63) is 65.2 Å². The van der Waals surface area contributed by atoms with Gasteiger partial charge in [0.2, 0.25) is 5.91 Å². The first-order valence-electron chi connectivity index (χ1n) is 10.8. The Kier molecular flexibility index (Phi) is 5.91. The molecule has 1 aliphatic heterocycles. The third kappa shape index (κ3) is 3.52. The number of rotatable bonds is 5. The predicted octanol–water partition coefficient (Wildman–Crippen LogP) is 4.52. The molecule has 158 valence electrons. The number of benzene rings is 2. The van der Waals surface area contributed by atoms with Crippen molar-refractivity contribution >= 4 is 17.5 Å². The summed E-state index contributed by atoms with van der Waals surface area (Å²) in [7, 11) is 1.65. The van der Waals surface area contributed by atoms with Crippen LogP contribution in [0.15, 0.2) is 48.5 Å². The average Bonchev–Trinajstić information content (AvgIpc) is 2.76. The molecule has 1 fully saturated rings. The largest absolute Gasteiger partial charge is 0.383 e. The van der Waals surface area contributed by atoms with Crippen molar-refractivity contribution in [1.82, 2.24) is 4.90 Å². The Bertz CT molecular complexity index is 933. The molecule has 4 rings (SSSR count). The van der Waals surface area contributed by atoms with Gasteiger partial charge in [-0.2, -0.15) is 0 Å². The molecule has 0 unspecified atom stereocenters. The number of methoxy groups -OCH3 is 1. The fourth-order valence-corrected chi connectivity index (χ4v) is 5.27. The van der Waals surface area contributed by atoms with E-state index in [1.54, 1.807) is 7.11 Å². The van der Waals surface area contributed by atoms with Gasteiger partial charge < -0.3 is 15.0 Å². The molecule has 1 saturated carbocycles. The normalized spacial score (nSPS) is 20.1. The Morgan fingerprint density at radius 3 is 2.53 bits per heavy atom. The second-order valence-electron chi connectivity index (χ2n) is 8.44. The van der Waals surface area contributed by atoms with Crippen LogP contribution >= 0.6 is 0 Å². The van der Waals surface area contributed by atoms with Crippen LogP contribution in [0, 0.1) is 6.92 Å². The van der Waals surface area contributed by atoms with Gasteiger partial charge in [0.15, 0.2) is 0 Å². The number of nitrogens with zero attached hydrogens (tertiary/aromatic N) is 1. The summed E-state index contributed by atoms with van der Waals surface area (Å²) >= 11 is 0. The topological polar surface area (TPSA) is 58.6 Å². The van der Waals surface area contributed by atoms with Gasteiger partial charge in [0.1, 0.15) is 0 Å². The Balaban J connectivity index is 1.81. The lowest BCUT2D eigenvalue weighted by molar-refractivity contribution is -0.122.